The number of benzene rings is 1. The molecule has 0 radical (unpaired) electrons. The average Bonchev–Trinajstić information content (AvgIpc) is 3.00. The summed E-state index contributed by atoms with van der Waals surface area (Å²) >= 11 is 0. The molecule has 1 amide bonds. The maximum Gasteiger partial charge on any atom is 0.222 e. The molecule has 5 heteroatoms. The first-order valence-corrected chi connectivity index (χ1v) is 7.93. The highest BCUT2D eigenvalue weighted by Crippen LogP contribution is 2.10. The average molecular weight is 302 g/mol. The molecular formula is C17H26N4O. The minimum absolute atomic E-state index is 0.229. The van der Waals surface area contributed by atoms with Crippen LogP contribution in [-0.2, 0) is 11.3 Å². The first kappa shape index (κ1) is 16.3. The van der Waals surface area contributed by atoms with Crippen molar-refractivity contribution in [3.8, 4) is 0 Å². The van der Waals surface area contributed by atoms with Crippen LogP contribution in [0, 0.1) is 6.92 Å². The molecule has 5 nitrogen and oxygen atoms in total. The van der Waals surface area contributed by atoms with Crippen molar-refractivity contribution in [1.82, 2.24) is 15.5 Å². The van der Waals surface area contributed by atoms with Crippen LogP contribution in [0.5, 0.6) is 0 Å². The highest BCUT2D eigenvalue weighted by Gasteiger charge is 2.25. The first-order chi connectivity index (χ1) is 10.6. The number of carbonyl (C=O) groups is 1. The predicted molar refractivity (Wildman–Crippen MR) is 89.8 cm³/mol. The van der Waals surface area contributed by atoms with Crippen molar-refractivity contribution >= 4 is 11.9 Å². The van der Waals surface area contributed by atoms with E-state index in [2.05, 4.69) is 46.8 Å². The van der Waals surface area contributed by atoms with Gasteiger partial charge in [-0.2, -0.15) is 0 Å². The Morgan fingerprint density at radius 3 is 2.73 bits per heavy atom. The summed E-state index contributed by atoms with van der Waals surface area (Å²) in [5.74, 6) is 1.02. The van der Waals surface area contributed by atoms with Gasteiger partial charge in [0.15, 0.2) is 5.96 Å². The summed E-state index contributed by atoms with van der Waals surface area (Å²) in [6.07, 6.45) is 1.55. The summed E-state index contributed by atoms with van der Waals surface area (Å²) in [7, 11) is 1.77. The fraction of sp³-hybridized carbons (Fsp3) is 0.529. The molecule has 2 rings (SSSR count). The number of rotatable bonds is 4. The van der Waals surface area contributed by atoms with Crippen molar-refractivity contribution in [2.75, 3.05) is 20.1 Å². The number of hydrogen-bond acceptors (Lipinski definition) is 2. The molecule has 0 spiro atoms. The molecule has 1 saturated heterocycles. The number of aryl methyl sites for hydroxylation is 1. The van der Waals surface area contributed by atoms with Gasteiger partial charge in [0.2, 0.25) is 5.91 Å². The number of carbonyl (C=O) groups excluding carboxylic acids is 1. The molecule has 22 heavy (non-hydrogen) atoms. The van der Waals surface area contributed by atoms with Gasteiger partial charge in [0.1, 0.15) is 0 Å². The van der Waals surface area contributed by atoms with Crippen molar-refractivity contribution in [3.63, 3.8) is 0 Å². The molecule has 2 N–H and O–H groups in total. The van der Waals surface area contributed by atoms with Gasteiger partial charge in [0.25, 0.3) is 0 Å². The van der Waals surface area contributed by atoms with Crippen LogP contribution in [0.4, 0.5) is 0 Å². The molecule has 1 aromatic rings. The van der Waals surface area contributed by atoms with Crippen molar-refractivity contribution in [2.45, 2.75) is 39.3 Å². The number of aliphatic imine (C=N–C) groups is 1. The van der Waals surface area contributed by atoms with Crippen LogP contribution in [0.1, 0.15) is 30.9 Å². The van der Waals surface area contributed by atoms with E-state index in [1.807, 2.05) is 11.8 Å². The molecule has 1 heterocycles. The molecule has 1 aliphatic rings. The van der Waals surface area contributed by atoms with Crippen LogP contribution >= 0.6 is 0 Å². The Bertz CT molecular complexity index is 524. The molecule has 120 valence electrons. The minimum atomic E-state index is 0.229. The van der Waals surface area contributed by atoms with Gasteiger partial charge in [-0.05, 0) is 18.9 Å². The van der Waals surface area contributed by atoms with Gasteiger partial charge < -0.3 is 15.5 Å². The smallest absolute Gasteiger partial charge is 0.222 e. The van der Waals surface area contributed by atoms with E-state index in [1.165, 1.54) is 11.1 Å². The van der Waals surface area contributed by atoms with Crippen LogP contribution in [0.2, 0.25) is 0 Å². The van der Waals surface area contributed by atoms with Gasteiger partial charge in [-0.3, -0.25) is 9.79 Å². The maximum absolute atomic E-state index is 11.7. The molecule has 1 aliphatic heterocycles. The molecule has 1 aromatic carbocycles. The monoisotopic (exact) mass is 302 g/mol. The van der Waals surface area contributed by atoms with E-state index in [0.717, 1.165) is 32.0 Å². The second-order valence-electron chi connectivity index (χ2n) is 5.73. The number of hydrogen-bond donors (Lipinski definition) is 2. The van der Waals surface area contributed by atoms with Crippen molar-refractivity contribution < 1.29 is 4.79 Å². The Hall–Kier alpha value is -2.04. The van der Waals surface area contributed by atoms with Crippen LogP contribution < -0.4 is 10.6 Å². The van der Waals surface area contributed by atoms with E-state index in [4.69, 9.17) is 0 Å². The van der Waals surface area contributed by atoms with Gasteiger partial charge in [-0.1, -0.05) is 36.8 Å². The lowest BCUT2D eigenvalue weighted by atomic mass is 10.1. The van der Waals surface area contributed by atoms with E-state index in [1.54, 1.807) is 7.05 Å². The summed E-state index contributed by atoms with van der Waals surface area (Å²) in [5.41, 5.74) is 2.49. The second-order valence-corrected chi connectivity index (χ2v) is 5.73. The number of nitrogens with one attached hydrogen (secondary N) is 2. The minimum Gasteiger partial charge on any atom is -0.352 e. The van der Waals surface area contributed by atoms with Gasteiger partial charge in [-0.25, -0.2) is 0 Å². The van der Waals surface area contributed by atoms with E-state index in [9.17, 15) is 4.79 Å². The zero-order chi connectivity index (χ0) is 15.9. The third kappa shape index (κ3) is 4.48. The Kier molecular flexibility index (Phi) is 5.81. The summed E-state index contributed by atoms with van der Waals surface area (Å²) in [5, 5.41) is 6.73. The maximum atomic E-state index is 11.7. The van der Waals surface area contributed by atoms with Crippen LogP contribution in [0.15, 0.2) is 29.3 Å². The highest BCUT2D eigenvalue weighted by molar-refractivity contribution is 5.80. The van der Waals surface area contributed by atoms with Crippen molar-refractivity contribution in [3.05, 3.63) is 35.4 Å². The lowest BCUT2D eigenvalue weighted by Gasteiger charge is -2.18. The molecule has 1 atom stereocenters. The fourth-order valence-corrected chi connectivity index (χ4v) is 2.61. The third-order valence-corrected chi connectivity index (χ3v) is 3.99. The van der Waals surface area contributed by atoms with Gasteiger partial charge in [-0.15, -0.1) is 0 Å². The zero-order valence-corrected chi connectivity index (χ0v) is 13.7. The van der Waals surface area contributed by atoms with E-state index < -0.39 is 0 Å². The summed E-state index contributed by atoms with van der Waals surface area (Å²) in [6, 6.07) is 8.73. The SMILES string of the molecule is CCC(=O)N1CCC(NC(=NC)NCc2ccc(C)cc2)C1. The quantitative estimate of drug-likeness (QED) is 0.657. The lowest BCUT2D eigenvalue weighted by molar-refractivity contribution is -0.129. The van der Waals surface area contributed by atoms with Gasteiger partial charge in [0.05, 0.1) is 0 Å². The molecule has 1 unspecified atom stereocenters. The zero-order valence-electron chi connectivity index (χ0n) is 13.7. The predicted octanol–water partition coefficient (Wildman–Crippen LogP) is 1.67. The molecular weight excluding hydrogens is 276 g/mol. The van der Waals surface area contributed by atoms with Crippen molar-refractivity contribution in [1.29, 1.82) is 0 Å². The fourth-order valence-electron chi connectivity index (χ4n) is 2.61. The molecule has 1 fully saturated rings. The number of guanidine groups is 1. The third-order valence-electron chi connectivity index (χ3n) is 3.99. The Morgan fingerprint density at radius 2 is 2.09 bits per heavy atom. The Balaban J connectivity index is 1.81. The largest absolute Gasteiger partial charge is 0.352 e. The topological polar surface area (TPSA) is 56.7 Å². The number of amides is 1. The Morgan fingerprint density at radius 1 is 1.36 bits per heavy atom. The second kappa shape index (κ2) is 7.82. The molecule has 0 aliphatic carbocycles. The van der Waals surface area contributed by atoms with Gasteiger partial charge >= 0.3 is 0 Å². The first-order valence-electron chi connectivity index (χ1n) is 7.93. The number of nitrogens with zero attached hydrogens (tertiary/aromatic N) is 2. The standard InChI is InChI=1S/C17H26N4O/c1-4-16(22)21-10-9-15(12-21)20-17(18-3)19-11-14-7-5-13(2)6-8-14/h5-8,15H,4,9-12H2,1-3H3,(H2,18,19,20). The molecule has 0 aromatic heterocycles. The van der Waals surface area contributed by atoms with Crippen LogP contribution in [0.25, 0.3) is 0 Å². The van der Waals surface area contributed by atoms with Crippen LogP contribution in [0.3, 0.4) is 0 Å². The van der Waals surface area contributed by atoms with Crippen LogP contribution in [-0.4, -0.2) is 42.9 Å². The van der Waals surface area contributed by atoms with E-state index in [0.29, 0.717) is 6.42 Å². The molecule has 0 saturated carbocycles. The van der Waals surface area contributed by atoms with E-state index in [-0.39, 0.29) is 11.9 Å². The normalized spacial score (nSPS) is 18.4. The number of likely N-dealkylation sites (tertiary alicyclic amines) is 1. The highest BCUT2D eigenvalue weighted by atomic mass is 16.2. The summed E-state index contributed by atoms with van der Waals surface area (Å²) in [4.78, 5) is 17.9. The summed E-state index contributed by atoms with van der Waals surface area (Å²) < 4.78 is 0. The molecule has 0 bridgehead atoms. The van der Waals surface area contributed by atoms with Gasteiger partial charge in [0, 0.05) is 39.1 Å². The summed E-state index contributed by atoms with van der Waals surface area (Å²) in [6.45, 7) is 6.33. The lowest BCUT2D eigenvalue weighted by Crippen LogP contribution is -2.44. The van der Waals surface area contributed by atoms with E-state index >= 15 is 0 Å². The van der Waals surface area contributed by atoms with Crippen molar-refractivity contribution in [2.24, 2.45) is 4.99 Å². The Labute approximate surface area is 132 Å².